The first kappa shape index (κ1) is 15.6. The molecule has 0 bridgehead atoms. The number of nitrogens with zero attached hydrogens (tertiary/aromatic N) is 1. The van der Waals surface area contributed by atoms with Crippen LogP contribution < -0.4 is 10.1 Å². The zero-order valence-electron chi connectivity index (χ0n) is 12.8. The van der Waals surface area contributed by atoms with Crippen LogP contribution in [0.5, 0.6) is 11.5 Å². The summed E-state index contributed by atoms with van der Waals surface area (Å²) in [4.78, 5) is 14.3. The molecule has 1 atom stereocenters. The van der Waals surface area contributed by atoms with E-state index in [0.717, 1.165) is 13.0 Å². The van der Waals surface area contributed by atoms with Crippen molar-refractivity contribution in [2.45, 2.75) is 32.2 Å². The number of hydrogen-bond acceptors (Lipinski definition) is 4. The van der Waals surface area contributed by atoms with Crippen molar-refractivity contribution >= 4 is 5.91 Å². The lowest BCUT2D eigenvalue weighted by atomic mass is 10.0. The first-order valence-electron chi connectivity index (χ1n) is 7.55. The summed E-state index contributed by atoms with van der Waals surface area (Å²) in [6.45, 7) is 4.29. The average molecular weight is 292 g/mol. The highest BCUT2D eigenvalue weighted by atomic mass is 16.5. The molecule has 1 aliphatic heterocycles. The summed E-state index contributed by atoms with van der Waals surface area (Å²) in [5.41, 5.74) is 0.327. The lowest BCUT2D eigenvalue weighted by Crippen LogP contribution is -2.45. The fourth-order valence-electron chi connectivity index (χ4n) is 2.69. The second-order valence-electron chi connectivity index (χ2n) is 5.37. The number of carbonyl (C=O) groups excluding carboxylic acids is 1. The fraction of sp³-hybridized carbons (Fsp3) is 0.562. The van der Waals surface area contributed by atoms with Gasteiger partial charge in [0, 0.05) is 25.2 Å². The number of benzene rings is 1. The first-order valence-corrected chi connectivity index (χ1v) is 7.55. The third kappa shape index (κ3) is 3.88. The van der Waals surface area contributed by atoms with E-state index in [2.05, 4.69) is 5.32 Å². The van der Waals surface area contributed by atoms with Gasteiger partial charge in [0.15, 0.2) is 0 Å². The van der Waals surface area contributed by atoms with Gasteiger partial charge in [-0.05, 0) is 38.4 Å². The topological polar surface area (TPSA) is 61.8 Å². The normalized spacial score (nSPS) is 18.3. The van der Waals surface area contributed by atoms with Crippen molar-refractivity contribution in [2.75, 3.05) is 26.7 Å². The third-order valence-electron chi connectivity index (χ3n) is 3.96. The average Bonchev–Trinajstić information content (AvgIpc) is 2.52. The maximum absolute atomic E-state index is 12.6. The maximum Gasteiger partial charge on any atom is 0.257 e. The highest BCUT2D eigenvalue weighted by Crippen LogP contribution is 2.25. The minimum atomic E-state index is -0.134. The zero-order valence-corrected chi connectivity index (χ0v) is 12.8. The molecule has 2 rings (SSSR count). The van der Waals surface area contributed by atoms with Crippen molar-refractivity contribution in [3.05, 3.63) is 23.8 Å². The Labute approximate surface area is 125 Å². The van der Waals surface area contributed by atoms with Crippen molar-refractivity contribution < 1.29 is 14.6 Å². The summed E-state index contributed by atoms with van der Waals surface area (Å²) in [7, 11) is 1.53. The molecule has 0 saturated carbocycles. The van der Waals surface area contributed by atoms with E-state index in [1.54, 1.807) is 17.0 Å². The van der Waals surface area contributed by atoms with Gasteiger partial charge in [-0.1, -0.05) is 6.42 Å². The third-order valence-corrected chi connectivity index (χ3v) is 3.96. The standard InChI is InChI=1S/C16H24N2O3/c1-3-18(11-12-6-4-5-9-17-12)16(20)14-8-7-13(21-2)10-15(14)19/h7-8,10,12,17,19H,3-6,9,11H2,1-2H3. The Morgan fingerprint density at radius 1 is 1.48 bits per heavy atom. The predicted molar refractivity (Wildman–Crippen MR) is 81.9 cm³/mol. The minimum absolute atomic E-state index is 0.0330. The largest absolute Gasteiger partial charge is 0.507 e. The number of carbonyl (C=O) groups is 1. The second-order valence-corrected chi connectivity index (χ2v) is 5.37. The van der Waals surface area contributed by atoms with E-state index < -0.39 is 0 Å². The van der Waals surface area contributed by atoms with Gasteiger partial charge < -0.3 is 20.1 Å². The van der Waals surface area contributed by atoms with Crippen LogP contribution >= 0.6 is 0 Å². The number of aromatic hydroxyl groups is 1. The Bertz CT molecular complexity index is 484. The molecule has 1 aromatic carbocycles. The summed E-state index contributed by atoms with van der Waals surface area (Å²) >= 11 is 0. The van der Waals surface area contributed by atoms with E-state index >= 15 is 0 Å². The van der Waals surface area contributed by atoms with Crippen LogP contribution in [-0.2, 0) is 0 Å². The molecule has 1 fully saturated rings. The Hall–Kier alpha value is -1.75. The van der Waals surface area contributed by atoms with Gasteiger partial charge in [0.1, 0.15) is 11.5 Å². The van der Waals surface area contributed by atoms with Crippen molar-refractivity contribution in [1.29, 1.82) is 0 Å². The van der Waals surface area contributed by atoms with Crippen LogP contribution in [0.25, 0.3) is 0 Å². The molecule has 1 saturated heterocycles. The molecule has 1 amide bonds. The number of rotatable bonds is 5. The summed E-state index contributed by atoms with van der Waals surface area (Å²) in [5, 5.41) is 13.4. The molecule has 1 unspecified atom stereocenters. The predicted octanol–water partition coefficient (Wildman–Crippen LogP) is 2.01. The van der Waals surface area contributed by atoms with Gasteiger partial charge in [-0.2, -0.15) is 0 Å². The molecule has 2 N–H and O–H groups in total. The van der Waals surface area contributed by atoms with Gasteiger partial charge in [-0.15, -0.1) is 0 Å². The van der Waals surface area contributed by atoms with E-state index in [1.807, 2.05) is 6.92 Å². The Morgan fingerprint density at radius 3 is 2.86 bits per heavy atom. The molecular formula is C16H24N2O3. The minimum Gasteiger partial charge on any atom is -0.507 e. The van der Waals surface area contributed by atoms with Gasteiger partial charge in [-0.25, -0.2) is 0 Å². The molecule has 5 nitrogen and oxygen atoms in total. The Balaban J connectivity index is 2.08. The molecule has 0 radical (unpaired) electrons. The number of methoxy groups -OCH3 is 1. The monoisotopic (exact) mass is 292 g/mol. The number of ether oxygens (including phenoxy) is 1. The summed E-state index contributed by atoms with van der Waals surface area (Å²) in [6.07, 6.45) is 3.51. The highest BCUT2D eigenvalue weighted by Gasteiger charge is 2.22. The number of phenols is 1. The molecule has 116 valence electrons. The van der Waals surface area contributed by atoms with Gasteiger partial charge in [0.25, 0.3) is 5.91 Å². The van der Waals surface area contributed by atoms with Gasteiger partial charge in [-0.3, -0.25) is 4.79 Å². The molecule has 1 heterocycles. The zero-order chi connectivity index (χ0) is 15.2. The first-order chi connectivity index (χ1) is 10.2. The van der Waals surface area contributed by atoms with Crippen LogP contribution in [0.15, 0.2) is 18.2 Å². The van der Waals surface area contributed by atoms with E-state index in [4.69, 9.17) is 4.74 Å². The van der Waals surface area contributed by atoms with Crippen molar-refractivity contribution in [2.24, 2.45) is 0 Å². The van der Waals surface area contributed by atoms with Crippen LogP contribution in [0.3, 0.4) is 0 Å². The van der Waals surface area contributed by atoms with Crippen LogP contribution in [0.1, 0.15) is 36.5 Å². The maximum atomic E-state index is 12.6. The summed E-state index contributed by atoms with van der Waals surface area (Å²) in [6, 6.07) is 5.13. The molecular weight excluding hydrogens is 268 g/mol. The Morgan fingerprint density at radius 2 is 2.29 bits per heavy atom. The summed E-state index contributed by atoms with van der Waals surface area (Å²) < 4.78 is 5.04. The van der Waals surface area contributed by atoms with E-state index in [1.165, 1.54) is 26.0 Å². The quantitative estimate of drug-likeness (QED) is 0.871. The van der Waals surface area contributed by atoms with E-state index in [9.17, 15) is 9.90 Å². The van der Waals surface area contributed by atoms with E-state index in [0.29, 0.717) is 30.4 Å². The van der Waals surface area contributed by atoms with Crippen LogP contribution in [0.4, 0.5) is 0 Å². The Kier molecular flexibility index (Phi) is 5.44. The molecule has 0 aliphatic carbocycles. The summed E-state index contributed by atoms with van der Waals surface area (Å²) in [5.74, 6) is 0.375. The number of hydrogen-bond donors (Lipinski definition) is 2. The number of nitrogens with one attached hydrogen (secondary N) is 1. The molecule has 0 aromatic heterocycles. The highest BCUT2D eigenvalue weighted by molar-refractivity contribution is 5.97. The van der Waals surface area contributed by atoms with Gasteiger partial charge in [0.05, 0.1) is 12.7 Å². The van der Waals surface area contributed by atoms with Crippen molar-refractivity contribution in [1.82, 2.24) is 10.2 Å². The van der Waals surface area contributed by atoms with Gasteiger partial charge >= 0.3 is 0 Å². The van der Waals surface area contributed by atoms with E-state index in [-0.39, 0.29) is 11.7 Å². The molecule has 0 spiro atoms. The molecule has 1 aliphatic rings. The number of piperidine rings is 1. The second kappa shape index (κ2) is 7.31. The SMILES string of the molecule is CCN(CC1CCCCN1)C(=O)c1ccc(OC)cc1O. The van der Waals surface area contributed by atoms with Gasteiger partial charge in [0.2, 0.25) is 0 Å². The van der Waals surface area contributed by atoms with Crippen molar-refractivity contribution in [3.63, 3.8) is 0 Å². The number of likely N-dealkylation sites (N-methyl/N-ethyl adjacent to an activating group) is 1. The molecule has 21 heavy (non-hydrogen) atoms. The molecule has 5 heteroatoms. The number of phenolic OH excluding ortho intramolecular Hbond substituents is 1. The van der Waals surface area contributed by atoms with Crippen LogP contribution in [-0.4, -0.2) is 48.7 Å². The lowest BCUT2D eigenvalue weighted by Gasteiger charge is -2.30. The fourth-order valence-corrected chi connectivity index (χ4v) is 2.69. The number of amides is 1. The van der Waals surface area contributed by atoms with Crippen molar-refractivity contribution in [3.8, 4) is 11.5 Å². The van der Waals surface area contributed by atoms with Crippen LogP contribution in [0.2, 0.25) is 0 Å². The molecule has 1 aromatic rings. The van der Waals surface area contributed by atoms with Crippen LogP contribution in [0, 0.1) is 0 Å². The smallest absolute Gasteiger partial charge is 0.257 e. The lowest BCUT2D eigenvalue weighted by molar-refractivity contribution is 0.0738.